The third-order valence-electron chi connectivity index (χ3n) is 5.34. The van der Waals surface area contributed by atoms with E-state index in [-0.39, 0.29) is 0 Å². The van der Waals surface area contributed by atoms with Crippen molar-refractivity contribution in [2.75, 3.05) is 13.1 Å². The Morgan fingerprint density at radius 2 is 1.83 bits per heavy atom. The number of imidazole rings is 1. The van der Waals surface area contributed by atoms with E-state index >= 15 is 0 Å². The monoisotopic (exact) mass is 378 g/mol. The second kappa shape index (κ2) is 7.40. The zero-order valence-corrected chi connectivity index (χ0v) is 16.4. The molecule has 0 bridgehead atoms. The molecule has 0 amide bonds. The van der Waals surface area contributed by atoms with Gasteiger partial charge in [0.2, 0.25) is 0 Å². The molecule has 1 aliphatic rings. The zero-order chi connectivity index (χ0) is 19.6. The average Bonchev–Trinajstić information content (AvgIpc) is 3.23. The Hall–Kier alpha value is -3.66. The van der Waals surface area contributed by atoms with Crippen molar-refractivity contribution in [3.8, 4) is 22.5 Å². The van der Waals surface area contributed by atoms with E-state index in [1.54, 1.807) is 0 Å². The fourth-order valence-corrected chi connectivity index (χ4v) is 3.73. The molecular formula is C25H22N4. The van der Waals surface area contributed by atoms with Crippen molar-refractivity contribution in [3.05, 3.63) is 97.1 Å². The fourth-order valence-electron chi connectivity index (χ4n) is 3.73. The van der Waals surface area contributed by atoms with Crippen LogP contribution in [0.4, 0.5) is 0 Å². The van der Waals surface area contributed by atoms with Crippen LogP contribution in [0, 0.1) is 0 Å². The van der Waals surface area contributed by atoms with Crippen LogP contribution in [0.1, 0.15) is 12.5 Å². The third-order valence-corrected chi connectivity index (χ3v) is 5.34. The van der Waals surface area contributed by atoms with Gasteiger partial charge in [0.25, 0.3) is 0 Å². The minimum Gasteiger partial charge on any atom is -0.373 e. The Balaban J connectivity index is 1.53. The predicted octanol–water partition coefficient (Wildman–Crippen LogP) is 5.30. The highest BCUT2D eigenvalue weighted by Gasteiger charge is 2.11. The van der Waals surface area contributed by atoms with Crippen molar-refractivity contribution in [1.29, 1.82) is 0 Å². The average molecular weight is 378 g/mol. The number of aromatic nitrogens is 3. The molecule has 0 atom stereocenters. The maximum Gasteiger partial charge on any atom is 0.137 e. The molecule has 1 aliphatic heterocycles. The van der Waals surface area contributed by atoms with Crippen LogP contribution in [0.15, 0.2) is 91.5 Å². The number of likely N-dealkylation sites (N-methyl/N-ethyl adjacent to an activating group) is 1. The number of fused-ring (bicyclic) bond motifs is 1. The highest BCUT2D eigenvalue weighted by Crippen LogP contribution is 2.27. The summed E-state index contributed by atoms with van der Waals surface area (Å²) in [4.78, 5) is 11.5. The molecule has 0 unspecified atom stereocenters. The van der Waals surface area contributed by atoms with Crippen molar-refractivity contribution in [2.24, 2.45) is 0 Å². The smallest absolute Gasteiger partial charge is 0.137 e. The van der Waals surface area contributed by atoms with E-state index in [4.69, 9.17) is 0 Å². The van der Waals surface area contributed by atoms with Crippen LogP contribution in [0.5, 0.6) is 0 Å². The molecule has 0 saturated heterocycles. The first-order valence-electron chi connectivity index (χ1n) is 9.93. The first-order chi connectivity index (χ1) is 14.3. The Morgan fingerprint density at radius 3 is 2.69 bits per heavy atom. The number of nitrogens with zero attached hydrogens (tertiary/aromatic N) is 4. The molecule has 4 aromatic rings. The summed E-state index contributed by atoms with van der Waals surface area (Å²) in [5, 5.41) is 0. The molecule has 0 radical (unpaired) electrons. The molecule has 4 nitrogen and oxygen atoms in total. The molecule has 4 heteroatoms. The minimum absolute atomic E-state index is 0.943. The van der Waals surface area contributed by atoms with Crippen LogP contribution < -0.4 is 0 Å². The molecule has 142 valence electrons. The van der Waals surface area contributed by atoms with Crippen LogP contribution in [0.3, 0.4) is 0 Å². The van der Waals surface area contributed by atoms with E-state index < -0.39 is 0 Å². The minimum atomic E-state index is 0.943. The van der Waals surface area contributed by atoms with Gasteiger partial charge in [0, 0.05) is 42.8 Å². The summed E-state index contributed by atoms with van der Waals surface area (Å²) in [6, 6.07) is 18.7. The summed E-state index contributed by atoms with van der Waals surface area (Å²) in [6.07, 6.45) is 12.5. The van der Waals surface area contributed by atoms with Crippen LogP contribution >= 0.6 is 0 Å². The number of benzene rings is 1. The normalized spacial score (nSPS) is 13.7. The van der Waals surface area contributed by atoms with Gasteiger partial charge >= 0.3 is 0 Å². The molecule has 0 aliphatic carbocycles. The van der Waals surface area contributed by atoms with Crippen molar-refractivity contribution in [1.82, 2.24) is 19.3 Å². The van der Waals surface area contributed by atoms with Crippen LogP contribution in [0.2, 0.25) is 0 Å². The summed E-state index contributed by atoms with van der Waals surface area (Å²) >= 11 is 0. The molecule has 3 aromatic heterocycles. The number of hydrogen-bond acceptors (Lipinski definition) is 3. The van der Waals surface area contributed by atoms with Crippen molar-refractivity contribution in [3.63, 3.8) is 0 Å². The summed E-state index contributed by atoms with van der Waals surface area (Å²) in [7, 11) is 0. The molecule has 0 spiro atoms. The maximum atomic E-state index is 4.67. The lowest BCUT2D eigenvalue weighted by Gasteiger charge is -2.21. The number of rotatable bonds is 4. The maximum absolute atomic E-state index is 4.67. The van der Waals surface area contributed by atoms with Crippen molar-refractivity contribution in [2.45, 2.75) is 6.92 Å². The van der Waals surface area contributed by atoms with E-state index in [1.807, 2.05) is 36.7 Å². The van der Waals surface area contributed by atoms with Crippen LogP contribution in [0.25, 0.3) is 33.7 Å². The Kier molecular flexibility index (Phi) is 4.45. The standard InChI is InChI=1S/C25H22N4/c1-2-28-13-6-9-22(18-28)20-11-14-29-24(17-27-25(29)16-20)21-10-12-26-23(15-21)19-7-4-3-5-8-19/h3-12,14-18H,2,13H2,1H3. The molecule has 5 rings (SSSR count). The number of hydrogen-bond donors (Lipinski definition) is 0. The zero-order valence-electron chi connectivity index (χ0n) is 16.4. The van der Waals surface area contributed by atoms with E-state index in [0.717, 1.165) is 41.3 Å². The predicted molar refractivity (Wildman–Crippen MR) is 118 cm³/mol. The van der Waals surface area contributed by atoms with Crippen LogP contribution in [-0.2, 0) is 0 Å². The second-order valence-electron chi connectivity index (χ2n) is 7.16. The Morgan fingerprint density at radius 1 is 0.931 bits per heavy atom. The largest absolute Gasteiger partial charge is 0.373 e. The third kappa shape index (κ3) is 3.34. The molecule has 0 fully saturated rings. The van der Waals surface area contributed by atoms with Gasteiger partial charge in [0.15, 0.2) is 0 Å². The molecule has 29 heavy (non-hydrogen) atoms. The van der Waals surface area contributed by atoms with Gasteiger partial charge in [-0.2, -0.15) is 0 Å². The van der Waals surface area contributed by atoms with Gasteiger partial charge in [-0.25, -0.2) is 4.98 Å². The lowest BCUT2D eigenvalue weighted by atomic mass is 10.1. The van der Waals surface area contributed by atoms with Gasteiger partial charge in [-0.1, -0.05) is 42.5 Å². The highest BCUT2D eigenvalue weighted by atomic mass is 15.1. The van der Waals surface area contributed by atoms with Gasteiger partial charge in [0.05, 0.1) is 17.6 Å². The van der Waals surface area contributed by atoms with Gasteiger partial charge in [-0.3, -0.25) is 9.38 Å². The highest BCUT2D eigenvalue weighted by molar-refractivity contribution is 5.77. The Bertz CT molecular complexity index is 1220. The molecule has 1 aromatic carbocycles. The van der Waals surface area contributed by atoms with Crippen LogP contribution in [-0.4, -0.2) is 32.4 Å². The van der Waals surface area contributed by atoms with Gasteiger partial charge in [-0.05, 0) is 42.3 Å². The van der Waals surface area contributed by atoms with Gasteiger partial charge in [0.1, 0.15) is 5.65 Å². The Labute approximate surface area is 170 Å². The lowest BCUT2D eigenvalue weighted by molar-refractivity contribution is 0.438. The lowest BCUT2D eigenvalue weighted by Crippen LogP contribution is -2.19. The SMILES string of the molecule is CCN1C=C(c2ccn3c(-c4ccnc(-c5ccccc5)c4)cnc3c2)C=CC1. The second-order valence-corrected chi connectivity index (χ2v) is 7.16. The quantitative estimate of drug-likeness (QED) is 0.483. The molecule has 0 saturated carbocycles. The van der Waals surface area contributed by atoms with Crippen molar-refractivity contribution < 1.29 is 0 Å². The number of pyridine rings is 2. The van der Waals surface area contributed by atoms with Gasteiger partial charge in [-0.15, -0.1) is 0 Å². The topological polar surface area (TPSA) is 33.4 Å². The molecular weight excluding hydrogens is 356 g/mol. The van der Waals surface area contributed by atoms with E-state index in [2.05, 4.69) is 81.1 Å². The first-order valence-corrected chi connectivity index (χ1v) is 9.93. The summed E-state index contributed by atoms with van der Waals surface area (Å²) in [6.45, 7) is 4.16. The summed E-state index contributed by atoms with van der Waals surface area (Å²) in [5.41, 5.74) is 7.60. The summed E-state index contributed by atoms with van der Waals surface area (Å²) in [5.74, 6) is 0. The van der Waals surface area contributed by atoms with Gasteiger partial charge < -0.3 is 4.90 Å². The fraction of sp³-hybridized carbons (Fsp3) is 0.120. The molecule has 4 heterocycles. The molecule has 0 N–H and O–H groups in total. The summed E-state index contributed by atoms with van der Waals surface area (Å²) < 4.78 is 2.14. The first kappa shape index (κ1) is 17.4. The van der Waals surface area contributed by atoms with E-state index in [1.165, 1.54) is 11.1 Å². The number of allylic oxidation sites excluding steroid dienone is 2. The van der Waals surface area contributed by atoms with E-state index in [0.29, 0.717) is 0 Å². The van der Waals surface area contributed by atoms with E-state index in [9.17, 15) is 0 Å². The van der Waals surface area contributed by atoms with Crippen molar-refractivity contribution >= 4 is 11.2 Å².